The van der Waals surface area contributed by atoms with Crippen molar-refractivity contribution in [3.05, 3.63) is 12.2 Å². The lowest BCUT2D eigenvalue weighted by molar-refractivity contribution is 0.0766. The number of likely N-dealkylation sites (tertiary alicyclic amines) is 1. The van der Waals surface area contributed by atoms with Crippen LogP contribution < -0.4 is 0 Å². The van der Waals surface area contributed by atoms with Crippen molar-refractivity contribution in [2.75, 3.05) is 32.8 Å². The maximum absolute atomic E-state index is 5.65. The molecule has 0 aromatic carbocycles. The molecule has 5 nitrogen and oxygen atoms in total. The average molecular weight is 252 g/mol. The molecule has 1 aromatic heterocycles. The van der Waals surface area contributed by atoms with Crippen LogP contribution in [0.2, 0.25) is 0 Å². The van der Waals surface area contributed by atoms with Gasteiger partial charge in [-0.15, -0.1) is 0 Å². The van der Waals surface area contributed by atoms with E-state index in [0.717, 1.165) is 32.1 Å². The van der Waals surface area contributed by atoms with E-state index in [0.29, 0.717) is 11.8 Å². The molecular weight excluding hydrogens is 228 g/mol. The molecule has 0 amide bonds. The second kappa shape index (κ2) is 6.85. The van der Waals surface area contributed by atoms with E-state index in [9.17, 15) is 0 Å². The Bertz CT molecular complexity index is 326. The van der Waals surface area contributed by atoms with Crippen molar-refractivity contribution in [3.8, 4) is 0 Å². The van der Waals surface area contributed by atoms with Crippen LogP contribution in [0.3, 0.4) is 0 Å². The van der Waals surface area contributed by atoms with E-state index in [4.69, 9.17) is 4.74 Å². The summed E-state index contributed by atoms with van der Waals surface area (Å²) in [5.74, 6) is 2.16. The molecule has 0 saturated carbocycles. The number of aromatic nitrogens is 3. The van der Waals surface area contributed by atoms with Crippen LogP contribution in [0.25, 0.3) is 0 Å². The highest BCUT2D eigenvalue weighted by Gasteiger charge is 2.22. The lowest BCUT2D eigenvalue weighted by atomic mass is 9.97. The van der Waals surface area contributed by atoms with E-state index in [-0.39, 0.29) is 0 Å². The summed E-state index contributed by atoms with van der Waals surface area (Å²) in [6, 6.07) is 0. The molecule has 1 aliphatic heterocycles. The van der Waals surface area contributed by atoms with Crippen LogP contribution >= 0.6 is 0 Å². The van der Waals surface area contributed by atoms with Crippen LogP contribution in [0.5, 0.6) is 0 Å². The molecule has 0 bridgehead atoms. The molecule has 2 rings (SSSR count). The molecule has 1 N–H and O–H groups in total. The molecule has 1 atom stereocenters. The first kappa shape index (κ1) is 13.5. The number of nitrogens with one attached hydrogen (secondary N) is 1. The molecule has 1 saturated heterocycles. The average Bonchev–Trinajstić information content (AvgIpc) is 2.89. The van der Waals surface area contributed by atoms with Crippen molar-refractivity contribution in [3.63, 3.8) is 0 Å². The lowest BCUT2D eigenvalue weighted by Crippen LogP contribution is -2.37. The largest absolute Gasteiger partial charge is 0.380 e. The molecule has 0 spiro atoms. The normalized spacial score (nSPS) is 21.6. The van der Waals surface area contributed by atoms with Crippen molar-refractivity contribution in [1.82, 2.24) is 20.1 Å². The second-order valence-corrected chi connectivity index (χ2v) is 5.48. The van der Waals surface area contributed by atoms with E-state index in [1.807, 2.05) is 0 Å². The fraction of sp³-hybridized carbons (Fsp3) is 0.846. The van der Waals surface area contributed by atoms with Gasteiger partial charge < -0.3 is 9.64 Å². The molecule has 0 radical (unpaired) electrons. The van der Waals surface area contributed by atoms with Crippen LogP contribution in [0.15, 0.2) is 6.33 Å². The summed E-state index contributed by atoms with van der Waals surface area (Å²) in [4.78, 5) is 6.74. The second-order valence-electron chi connectivity index (χ2n) is 5.48. The zero-order valence-corrected chi connectivity index (χ0v) is 11.4. The van der Waals surface area contributed by atoms with Crippen LogP contribution in [-0.2, 0) is 4.74 Å². The van der Waals surface area contributed by atoms with Gasteiger partial charge in [-0.05, 0) is 25.3 Å². The quantitative estimate of drug-likeness (QED) is 0.782. The summed E-state index contributed by atoms with van der Waals surface area (Å²) in [5, 5.41) is 6.93. The maximum Gasteiger partial charge on any atom is 0.137 e. The first-order chi connectivity index (χ1) is 8.75. The predicted molar refractivity (Wildman–Crippen MR) is 70.5 cm³/mol. The summed E-state index contributed by atoms with van der Waals surface area (Å²) in [6.07, 6.45) is 4.04. The zero-order valence-electron chi connectivity index (χ0n) is 11.4. The van der Waals surface area contributed by atoms with Gasteiger partial charge >= 0.3 is 0 Å². The summed E-state index contributed by atoms with van der Waals surface area (Å²) in [6.45, 7) is 9.33. The van der Waals surface area contributed by atoms with Crippen molar-refractivity contribution in [2.45, 2.75) is 32.6 Å². The van der Waals surface area contributed by atoms with Gasteiger partial charge in [-0.2, -0.15) is 5.10 Å². The Morgan fingerprint density at radius 2 is 2.44 bits per heavy atom. The van der Waals surface area contributed by atoms with Gasteiger partial charge in [0.05, 0.1) is 6.61 Å². The third-order valence-corrected chi connectivity index (χ3v) is 3.33. The molecule has 1 aliphatic rings. The molecule has 0 unspecified atom stereocenters. The highest BCUT2D eigenvalue weighted by molar-refractivity contribution is 4.96. The van der Waals surface area contributed by atoms with Crippen molar-refractivity contribution < 1.29 is 4.74 Å². The summed E-state index contributed by atoms with van der Waals surface area (Å²) >= 11 is 0. The maximum atomic E-state index is 5.65. The Balaban J connectivity index is 1.70. The van der Waals surface area contributed by atoms with Crippen molar-refractivity contribution in [2.24, 2.45) is 5.92 Å². The zero-order chi connectivity index (χ0) is 12.8. The Labute approximate surface area is 109 Å². The van der Waals surface area contributed by atoms with Crippen molar-refractivity contribution in [1.29, 1.82) is 0 Å². The highest BCUT2D eigenvalue weighted by atomic mass is 16.5. The molecule has 1 aromatic rings. The number of nitrogens with zero attached hydrogens (tertiary/aromatic N) is 3. The van der Waals surface area contributed by atoms with Crippen LogP contribution in [0.4, 0.5) is 0 Å². The molecule has 102 valence electrons. The number of rotatable bonds is 6. The fourth-order valence-electron chi connectivity index (χ4n) is 2.41. The van der Waals surface area contributed by atoms with E-state index in [1.165, 1.54) is 19.4 Å². The third-order valence-electron chi connectivity index (χ3n) is 3.33. The molecule has 1 fully saturated rings. The number of ether oxygens (including phenoxy) is 1. The molecular formula is C13H24N4O. The summed E-state index contributed by atoms with van der Waals surface area (Å²) < 4.78 is 5.65. The highest BCUT2D eigenvalue weighted by Crippen LogP contribution is 2.23. The Hall–Kier alpha value is -0.940. The minimum Gasteiger partial charge on any atom is -0.380 e. The summed E-state index contributed by atoms with van der Waals surface area (Å²) in [7, 11) is 0. The van der Waals surface area contributed by atoms with E-state index in [1.54, 1.807) is 6.33 Å². The van der Waals surface area contributed by atoms with Gasteiger partial charge in [-0.1, -0.05) is 13.8 Å². The first-order valence-electron chi connectivity index (χ1n) is 6.91. The smallest absolute Gasteiger partial charge is 0.137 e. The number of hydrogen-bond acceptors (Lipinski definition) is 4. The van der Waals surface area contributed by atoms with Crippen molar-refractivity contribution >= 4 is 0 Å². The van der Waals surface area contributed by atoms with E-state index >= 15 is 0 Å². The molecule has 2 heterocycles. The lowest BCUT2D eigenvalue weighted by Gasteiger charge is -2.31. The number of aromatic amines is 1. The molecule has 0 aliphatic carbocycles. The van der Waals surface area contributed by atoms with Gasteiger partial charge in [-0.3, -0.25) is 5.10 Å². The first-order valence-corrected chi connectivity index (χ1v) is 6.91. The van der Waals surface area contributed by atoms with Crippen LogP contribution in [0.1, 0.15) is 38.4 Å². The third kappa shape index (κ3) is 4.07. The Morgan fingerprint density at radius 1 is 1.56 bits per heavy atom. The summed E-state index contributed by atoms with van der Waals surface area (Å²) in [5.41, 5.74) is 0. The topological polar surface area (TPSA) is 54.0 Å². The van der Waals surface area contributed by atoms with Gasteiger partial charge in [0.2, 0.25) is 0 Å². The van der Waals surface area contributed by atoms with E-state index in [2.05, 4.69) is 33.9 Å². The number of piperidine rings is 1. The molecule has 5 heteroatoms. The minimum absolute atomic E-state index is 0.506. The number of H-pyrrole nitrogens is 1. The van der Waals surface area contributed by atoms with E-state index < -0.39 is 0 Å². The Morgan fingerprint density at radius 3 is 3.17 bits per heavy atom. The monoisotopic (exact) mass is 252 g/mol. The van der Waals surface area contributed by atoms with Gasteiger partial charge in [0.15, 0.2) is 0 Å². The van der Waals surface area contributed by atoms with Crippen LogP contribution in [-0.4, -0.2) is 52.9 Å². The number of hydrogen-bond donors (Lipinski definition) is 1. The standard InChI is InChI=1S/C13H24N4O/c1-11(2)9-18-7-6-17-5-3-4-12(8-17)13-14-10-15-16-13/h10-12H,3-9H2,1-2H3,(H,14,15,16)/t12-/m1/s1. The predicted octanol–water partition coefficient (Wildman–Crippen LogP) is 1.66. The minimum atomic E-state index is 0.506. The van der Waals surface area contributed by atoms with Gasteiger partial charge in [0.1, 0.15) is 12.2 Å². The van der Waals surface area contributed by atoms with Gasteiger partial charge in [0, 0.05) is 25.6 Å². The Kier molecular flexibility index (Phi) is 5.13. The van der Waals surface area contributed by atoms with Gasteiger partial charge in [-0.25, -0.2) is 4.98 Å². The SMILES string of the molecule is CC(C)COCCN1CCC[C@@H](c2ncn[nH]2)C1. The molecule has 18 heavy (non-hydrogen) atoms. The van der Waals surface area contributed by atoms with Gasteiger partial charge in [0.25, 0.3) is 0 Å². The van der Waals surface area contributed by atoms with Crippen LogP contribution in [0, 0.1) is 5.92 Å². The fourth-order valence-corrected chi connectivity index (χ4v) is 2.41.